The topological polar surface area (TPSA) is 90.9 Å². The summed E-state index contributed by atoms with van der Waals surface area (Å²) in [5.74, 6) is -1.38. The number of carbonyl (C=O) groups excluding carboxylic acids is 1. The summed E-state index contributed by atoms with van der Waals surface area (Å²) in [7, 11) is 0. The van der Waals surface area contributed by atoms with E-state index < -0.39 is 17.2 Å². The van der Waals surface area contributed by atoms with Crippen LogP contribution in [-0.4, -0.2) is 40.6 Å². The maximum atomic E-state index is 13.9. The molecule has 1 fully saturated rings. The van der Waals surface area contributed by atoms with Gasteiger partial charge in [-0.05, 0) is 37.6 Å². The summed E-state index contributed by atoms with van der Waals surface area (Å²) in [4.78, 5) is 17.3. The van der Waals surface area contributed by atoms with E-state index in [0.717, 1.165) is 5.56 Å². The zero-order valence-corrected chi connectivity index (χ0v) is 16.7. The molecule has 9 heteroatoms. The van der Waals surface area contributed by atoms with Gasteiger partial charge in [-0.2, -0.15) is 0 Å². The maximum absolute atomic E-state index is 13.9. The summed E-state index contributed by atoms with van der Waals surface area (Å²) in [6, 6.07) is 5.35. The molecular formula is C21H22F2N4O3. The molecule has 3 N–H and O–H groups in total. The summed E-state index contributed by atoms with van der Waals surface area (Å²) in [6.07, 6.45) is 1.76. The average Bonchev–Trinajstić information content (AvgIpc) is 3.00. The number of hydrogen-bond acceptors (Lipinski definition) is 5. The molecule has 7 nitrogen and oxygen atoms in total. The molecule has 4 rings (SSSR count). The number of pyridine rings is 1. The molecule has 1 aliphatic rings. The van der Waals surface area contributed by atoms with Crippen molar-refractivity contribution in [1.82, 2.24) is 14.7 Å². The van der Waals surface area contributed by atoms with Crippen molar-refractivity contribution in [3.63, 3.8) is 0 Å². The van der Waals surface area contributed by atoms with Crippen molar-refractivity contribution >= 4 is 11.6 Å². The van der Waals surface area contributed by atoms with Crippen LogP contribution in [0.5, 0.6) is 5.75 Å². The number of nitrogens with two attached hydrogens (primary N) is 1. The maximum Gasteiger partial charge on any atom is 0.270 e. The SMILES string of the molecule is Cc1cc(OCc2c(F)cccc2F)c2nc(C)c(C(=O)NCC3(N)COC3)n2c1. The van der Waals surface area contributed by atoms with Crippen LogP contribution in [0.3, 0.4) is 0 Å². The first-order valence-electron chi connectivity index (χ1n) is 9.47. The summed E-state index contributed by atoms with van der Waals surface area (Å²) in [5, 5.41) is 2.83. The largest absolute Gasteiger partial charge is 0.485 e. The van der Waals surface area contributed by atoms with Crippen LogP contribution in [0.4, 0.5) is 8.78 Å². The molecule has 30 heavy (non-hydrogen) atoms. The number of imidazole rings is 1. The molecule has 1 amide bonds. The molecule has 158 valence electrons. The molecule has 1 aliphatic heterocycles. The van der Waals surface area contributed by atoms with Crippen molar-refractivity contribution in [2.75, 3.05) is 19.8 Å². The molecule has 2 aromatic heterocycles. The molecule has 0 unspecified atom stereocenters. The quantitative estimate of drug-likeness (QED) is 0.643. The van der Waals surface area contributed by atoms with E-state index in [4.69, 9.17) is 15.2 Å². The fraction of sp³-hybridized carbons (Fsp3) is 0.333. The van der Waals surface area contributed by atoms with Crippen molar-refractivity contribution in [1.29, 1.82) is 0 Å². The molecule has 0 atom stereocenters. The number of carbonyl (C=O) groups is 1. The Hall–Kier alpha value is -3.04. The Morgan fingerprint density at radius 3 is 2.67 bits per heavy atom. The number of benzene rings is 1. The Balaban J connectivity index is 1.62. The smallest absolute Gasteiger partial charge is 0.270 e. The minimum Gasteiger partial charge on any atom is -0.485 e. The summed E-state index contributed by atoms with van der Waals surface area (Å²) in [5.41, 5.74) is 7.37. The fourth-order valence-electron chi connectivity index (χ4n) is 3.36. The molecule has 0 spiro atoms. The summed E-state index contributed by atoms with van der Waals surface area (Å²) < 4.78 is 40.3. The van der Waals surface area contributed by atoms with E-state index in [-0.39, 0.29) is 24.6 Å². The van der Waals surface area contributed by atoms with E-state index in [1.165, 1.54) is 18.2 Å². The molecule has 0 aliphatic carbocycles. The minimum atomic E-state index is -0.686. The number of hydrogen-bond donors (Lipinski definition) is 2. The highest BCUT2D eigenvalue weighted by molar-refractivity contribution is 5.95. The highest BCUT2D eigenvalue weighted by atomic mass is 19.1. The highest BCUT2D eigenvalue weighted by Crippen LogP contribution is 2.26. The Morgan fingerprint density at radius 2 is 2.03 bits per heavy atom. The van der Waals surface area contributed by atoms with Crippen LogP contribution in [0.25, 0.3) is 5.65 Å². The molecule has 3 heterocycles. The van der Waals surface area contributed by atoms with Gasteiger partial charge < -0.3 is 20.5 Å². The molecular weight excluding hydrogens is 394 g/mol. The van der Waals surface area contributed by atoms with Gasteiger partial charge in [-0.25, -0.2) is 13.8 Å². The number of halogens is 2. The molecule has 1 saturated heterocycles. The first-order valence-corrected chi connectivity index (χ1v) is 9.47. The van der Waals surface area contributed by atoms with Crippen LogP contribution in [0.1, 0.15) is 27.3 Å². The number of aryl methyl sites for hydroxylation is 2. The Labute approximate surface area is 171 Å². The Morgan fingerprint density at radius 1 is 1.33 bits per heavy atom. The summed E-state index contributed by atoms with van der Waals surface area (Å²) in [6.45, 7) is 4.29. The van der Waals surface area contributed by atoms with Gasteiger partial charge in [0, 0.05) is 12.7 Å². The standard InChI is InChI=1S/C21H22F2N4O3/c1-12-6-17(30-8-14-15(22)4-3-5-16(14)23)19-26-13(2)18(27(19)7-12)20(28)25-9-21(24)10-29-11-21/h3-7H,8-11,24H2,1-2H3,(H,25,28). The van der Waals surface area contributed by atoms with Gasteiger partial charge in [-0.1, -0.05) is 6.07 Å². The van der Waals surface area contributed by atoms with Gasteiger partial charge >= 0.3 is 0 Å². The first-order chi connectivity index (χ1) is 14.3. The number of nitrogens with one attached hydrogen (secondary N) is 1. The van der Waals surface area contributed by atoms with Gasteiger partial charge in [-0.15, -0.1) is 0 Å². The second kappa shape index (κ2) is 7.66. The van der Waals surface area contributed by atoms with Crippen molar-refractivity contribution in [2.45, 2.75) is 26.0 Å². The monoisotopic (exact) mass is 416 g/mol. The molecule has 0 saturated carbocycles. The number of rotatable bonds is 6. The van der Waals surface area contributed by atoms with Gasteiger partial charge in [0.05, 0.1) is 30.0 Å². The van der Waals surface area contributed by atoms with Crippen molar-refractivity contribution in [3.05, 3.63) is 64.6 Å². The van der Waals surface area contributed by atoms with E-state index in [9.17, 15) is 13.6 Å². The van der Waals surface area contributed by atoms with Crippen LogP contribution in [-0.2, 0) is 11.3 Å². The van der Waals surface area contributed by atoms with Gasteiger partial charge in [0.2, 0.25) is 0 Å². The van der Waals surface area contributed by atoms with E-state index in [0.29, 0.717) is 36.0 Å². The van der Waals surface area contributed by atoms with Crippen LogP contribution in [0.15, 0.2) is 30.5 Å². The van der Waals surface area contributed by atoms with Crippen LogP contribution < -0.4 is 15.8 Å². The lowest BCUT2D eigenvalue weighted by Crippen LogP contribution is -2.63. The molecule has 0 bridgehead atoms. The van der Waals surface area contributed by atoms with Crippen LogP contribution >= 0.6 is 0 Å². The third kappa shape index (κ3) is 3.73. The summed E-state index contributed by atoms with van der Waals surface area (Å²) >= 11 is 0. The zero-order chi connectivity index (χ0) is 21.5. The zero-order valence-electron chi connectivity index (χ0n) is 16.7. The Bertz CT molecular complexity index is 1100. The fourth-order valence-corrected chi connectivity index (χ4v) is 3.36. The first kappa shape index (κ1) is 20.2. The molecule has 0 radical (unpaired) electrons. The van der Waals surface area contributed by atoms with Gasteiger partial charge in [-0.3, -0.25) is 9.20 Å². The van der Waals surface area contributed by atoms with Crippen molar-refractivity contribution in [3.8, 4) is 5.75 Å². The normalized spacial score (nSPS) is 15.1. The van der Waals surface area contributed by atoms with Gasteiger partial charge in [0.25, 0.3) is 5.91 Å². The van der Waals surface area contributed by atoms with Crippen LogP contribution in [0, 0.1) is 25.5 Å². The number of aromatic nitrogens is 2. The predicted octanol–water partition coefficient (Wildman–Crippen LogP) is 2.27. The predicted molar refractivity (Wildman–Crippen MR) is 105 cm³/mol. The van der Waals surface area contributed by atoms with E-state index >= 15 is 0 Å². The third-order valence-corrected chi connectivity index (χ3v) is 5.03. The molecule has 3 aromatic rings. The van der Waals surface area contributed by atoms with Gasteiger partial charge in [0.1, 0.15) is 23.9 Å². The van der Waals surface area contributed by atoms with E-state index in [1.54, 1.807) is 23.6 Å². The average molecular weight is 416 g/mol. The minimum absolute atomic E-state index is 0.172. The van der Waals surface area contributed by atoms with Crippen LogP contribution in [0.2, 0.25) is 0 Å². The van der Waals surface area contributed by atoms with E-state index in [1.807, 2.05) is 6.92 Å². The number of nitrogens with zero attached hydrogens (tertiary/aromatic N) is 2. The second-order valence-electron chi connectivity index (χ2n) is 7.65. The third-order valence-electron chi connectivity index (χ3n) is 5.03. The number of amides is 1. The highest BCUT2D eigenvalue weighted by Gasteiger charge is 2.35. The van der Waals surface area contributed by atoms with Crippen molar-refractivity contribution in [2.24, 2.45) is 5.73 Å². The number of fused-ring (bicyclic) bond motifs is 1. The van der Waals surface area contributed by atoms with Gasteiger partial charge in [0.15, 0.2) is 11.4 Å². The van der Waals surface area contributed by atoms with E-state index in [2.05, 4.69) is 10.3 Å². The molecule has 1 aromatic carbocycles. The van der Waals surface area contributed by atoms with Crippen molar-refractivity contribution < 1.29 is 23.0 Å². The lowest BCUT2D eigenvalue weighted by molar-refractivity contribution is -0.0512. The lowest BCUT2D eigenvalue weighted by atomic mass is 9.99. The number of ether oxygens (including phenoxy) is 2. The lowest BCUT2D eigenvalue weighted by Gasteiger charge is -2.37. The second-order valence-corrected chi connectivity index (χ2v) is 7.65. The Kier molecular flexibility index (Phi) is 5.17.